The van der Waals surface area contributed by atoms with Gasteiger partial charge in [0.2, 0.25) is 0 Å². The Bertz CT molecular complexity index is 263. The van der Waals surface area contributed by atoms with Crippen molar-refractivity contribution in [3.63, 3.8) is 0 Å². The second-order valence-electron chi connectivity index (χ2n) is 5.78. The molecule has 1 aliphatic rings. The summed E-state index contributed by atoms with van der Waals surface area (Å²) < 4.78 is 5.18. The lowest BCUT2D eigenvalue weighted by atomic mass is 10.1. The van der Waals surface area contributed by atoms with E-state index in [1.807, 2.05) is 27.7 Å². The molecule has 0 bridgehead atoms. The van der Waals surface area contributed by atoms with Crippen molar-refractivity contribution in [3.8, 4) is 0 Å². The van der Waals surface area contributed by atoms with Crippen molar-refractivity contribution in [2.45, 2.75) is 64.3 Å². The number of alkyl carbamates (subject to hydrolysis) is 1. The number of hydrogen-bond acceptors (Lipinski definition) is 4. The molecule has 5 heteroatoms. The maximum atomic E-state index is 11.6. The average Bonchev–Trinajstić information content (AvgIpc) is 2.23. The molecule has 0 radical (unpaired) electrons. The lowest BCUT2D eigenvalue weighted by Gasteiger charge is -2.23. The second-order valence-corrected chi connectivity index (χ2v) is 5.78. The van der Waals surface area contributed by atoms with E-state index in [1.54, 1.807) is 0 Å². The summed E-state index contributed by atoms with van der Waals surface area (Å²) in [5, 5.41) is 15.8. The van der Waals surface area contributed by atoms with Crippen molar-refractivity contribution in [1.29, 1.82) is 0 Å². The van der Waals surface area contributed by atoms with Crippen molar-refractivity contribution in [2.75, 3.05) is 6.54 Å². The summed E-state index contributed by atoms with van der Waals surface area (Å²) in [5.74, 6) is 0. The van der Waals surface area contributed by atoms with Crippen LogP contribution in [0.3, 0.4) is 0 Å². The number of ether oxygens (including phenoxy) is 1. The summed E-state index contributed by atoms with van der Waals surface area (Å²) in [6.45, 7) is 8.18. The van der Waals surface area contributed by atoms with Crippen molar-refractivity contribution in [3.05, 3.63) is 0 Å². The van der Waals surface area contributed by atoms with Crippen LogP contribution in [0.1, 0.15) is 40.5 Å². The fourth-order valence-corrected chi connectivity index (χ4v) is 1.93. The molecule has 0 spiro atoms. The number of aliphatic hydroxyl groups is 1. The van der Waals surface area contributed by atoms with Gasteiger partial charge in [0.1, 0.15) is 5.60 Å². The van der Waals surface area contributed by atoms with Gasteiger partial charge < -0.3 is 20.5 Å². The first-order chi connectivity index (χ1) is 7.76. The Balaban J connectivity index is 2.42. The van der Waals surface area contributed by atoms with Gasteiger partial charge in [0.15, 0.2) is 0 Å². The SMILES string of the molecule is C[C@H]1CC(O)C[C@H](NC(=O)OC(C)(C)C)CN1. The van der Waals surface area contributed by atoms with Gasteiger partial charge in [0.25, 0.3) is 0 Å². The molecule has 3 atom stereocenters. The molecule has 0 saturated carbocycles. The molecule has 1 rings (SSSR count). The molecule has 17 heavy (non-hydrogen) atoms. The summed E-state index contributed by atoms with van der Waals surface area (Å²) in [7, 11) is 0. The van der Waals surface area contributed by atoms with Gasteiger partial charge in [-0.05, 0) is 40.5 Å². The van der Waals surface area contributed by atoms with E-state index in [4.69, 9.17) is 4.74 Å². The molecule has 0 aliphatic carbocycles. The number of carbonyl (C=O) groups is 1. The first-order valence-electron chi connectivity index (χ1n) is 6.17. The Hall–Kier alpha value is -0.810. The average molecular weight is 244 g/mol. The van der Waals surface area contributed by atoms with E-state index >= 15 is 0 Å². The smallest absolute Gasteiger partial charge is 0.407 e. The summed E-state index contributed by atoms with van der Waals surface area (Å²) in [4.78, 5) is 11.6. The second kappa shape index (κ2) is 5.69. The Labute approximate surface area is 103 Å². The fraction of sp³-hybridized carbons (Fsp3) is 0.917. The van der Waals surface area contributed by atoms with Crippen LogP contribution in [0, 0.1) is 0 Å². The van der Waals surface area contributed by atoms with E-state index in [2.05, 4.69) is 10.6 Å². The zero-order chi connectivity index (χ0) is 13.1. The standard InChI is InChI=1S/C12H24N2O3/c1-8-5-10(15)6-9(7-13-8)14-11(16)17-12(2,3)4/h8-10,13,15H,5-7H2,1-4H3,(H,14,16)/t8-,9-,10?/m0/s1. The molecular formula is C12H24N2O3. The van der Waals surface area contributed by atoms with E-state index < -0.39 is 11.7 Å². The zero-order valence-corrected chi connectivity index (χ0v) is 11.1. The Morgan fingerprint density at radius 2 is 2.06 bits per heavy atom. The van der Waals surface area contributed by atoms with Crippen LogP contribution in [0.25, 0.3) is 0 Å². The number of carbonyl (C=O) groups excluding carboxylic acids is 1. The first kappa shape index (κ1) is 14.3. The van der Waals surface area contributed by atoms with Crippen LogP contribution in [-0.2, 0) is 4.74 Å². The molecule has 0 aromatic rings. The van der Waals surface area contributed by atoms with Gasteiger partial charge in [-0.25, -0.2) is 4.79 Å². The molecule has 3 N–H and O–H groups in total. The van der Waals surface area contributed by atoms with E-state index in [1.165, 1.54) is 0 Å². The van der Waals surface area contributed by atoms with Gasteiger partial charge >= 0.3 is 6.09 Å². The number of rotatable bonds is 1. The van der Waals surface area contributed by atoms with Gasteiger partial charge in [-0.1, -0.05) is 0 Å². The van der Waals surface area contributed by atoms with Crippen LogP contribution < -0.4 is 10.6 Å². The summed E-state index contributed by atoms with van der Waals surface area (Å²) in [5.41, 5.74) is -0.492. The molecule has 1 saturated heterocycles. The maximum Gasteiger partial charge on any atom is 0.407 e. The van der Waals surface area contributed by atoms with Crippen LogP contribution in [0.15, 0.2) is 0 Å². The van der Waals surface area contributed by atoms with Crippen LogP contribution in [0.5, 0.6) is 0 Å². The molecule has 100 valence electrons. The van der Waals surface area contributed by atoms with Crippen molar-refractivity contribution < 1.29 is 14.6 Å². The first-order valence-corrected chi connectivity index (χ1v) is 6.17. The highest BCUT2D eigenvalue weighted by Crippen LogP contribution is 2.11. The van der Waals surface area contributed by atoms with Crippen LogP contribution in [-0.4, -0.2) is 41.5 Å². The topological polar surface area (TPSA) is 70.6 Å². The Morgan fingerprint density at radius 1 is 1.41 bits per heavy atom. The predicted octanol–water partition coefficient (Wildman–Crippen LogP) is 1.01. The predicted molar refractivity (Wildman–Crippen MR) is 65.9 cm³/mol. The Kier molecular flexibility index (Phi) is 4.77. The number of aliphatic hydroxyl groups excluding tert-OH is 1. The molecule has 0 aromatic carbocycles. The van der Waals surface area contributed by atoms with Crippen LogP contribution in [0.4, 0.5) is 4.79 Å². The van der Waals surface area contributed by atoms with Gasteiger partial charge in [0.05, 0.1) is 6.10 Å². The fourth-order valence-electron chi connectivity index (χ4n) is 1.93. The number of hydrogen-bond donors (Lipinski definition) is 3. The van der Waals surface area contributed by atoms with E-state index in [0.717, 1.165) is 0 Å². The lowest BCUT2D eigenvalue weighted by Crippen LogP contribution is -2.44. The number of nitrogens with one attached hydrogen (secondary N) is 2. The van der Waals surface area contributed by atoms with Crippen LogP contribution in [0.2, 0.25) is 0 Å². The van der Waals surface area contributed by atoms with Crippen molar-refractivity contribution >= 4 is 6.09 Å². The lowest BCUT2D eigenvalue weighted by molar-refractivity contribution is 0.0489. The van der Waals surface area contributed by atoms with Gasteiger partial charge in [-0.3, -0.25) is 0 Å². The van der Waals surface area contributed by atoms with E-state index in [0.29, 0.717) is 19.4 Å². The normalized spacial score (nSPS) is 30.5. The Morgan fingerprint density at radius 3 is 2.65 bits per heavy atom. The van der Waals surface area contributed by atoms with E-state index in [-0.39, 0.29) is 18.2 Å². The maximum absolute atomic E-state index is 11.6. The summed E-state index contributed by atoms with van der Waals surface area (Å²) in [6, 6.07) is 0.195. The number of amides is 1. The minimum absolute atomic E-state index is 0.0789. The molecule has 1 amide bonds. The highest BCUT2D eigenvalue weighted by Gasteiger charge is 2.25. The third kappa shape index (κ3) is 5.89. The third-order valence-electron chi connectivity index (χ3n) is 2.62. The van der Waals surface area contributed by atoms with Gasteiger partial charge in [0, 0.05) is 18.6 Å². The molecule has 1 heterocycles. The highest BCUT2D eigenvalue weighted by atomic mass is 16.6. The van der Waals surface area contributed by atoms with E-state index in [9.17, 15) is 9.90 Å². The summed E-state index contributed by atoms with van der Waals surface area (Å²) >= 11 is 0. The van der Waals surface area contributed by atoms with Crippen LogP contribution >= 0.6 is 0 Å². The monoisotopic (exact) mass is 244 g/mol. The third-order valence-corrected chi connectivity index (χ3v) is 2.62. The van der Waals surface area contributed by atoms with Crippen molar-refractivity contribution in [1.82, 2.24) is 10.6 Å². The molecule has 1 fully saturated rings. The summed E-state index contributed by atoms with van der Waals surface area (Å²) in [6.07, 6.45) is 0.481. The molecule has 1 aliphatic heterocycles. The zero-order valence-electron chi connectivity index (χ0n) is 11.1. The molecular weight excluding hydrogens is 220 g/mol. The van der Waals surface area contributed by atoms with Gasteiger partial charge in [-0.2, -0.15) is 0 Å². The minimum Gasteiger partial charge on any atom is -0.444 e. The molecule has 0 aromatic heterocycles. The molecule has 5 nitrogen and oxygen atoms in total. The van der Waals surface area contributed by atoms with Gasteiger partial charge in [-0.15, -0.1) is 0 Å². The minimum atomic E-state index is -0.492. The quantitative estimate of drug-likeness (QED) is 0.644. The largest absolute Gasteiger partial charge is 0.444 e. The molecule has 1 unspecified atom stereocenters. The van der Waals surface area contributed by atoms with Crippen molar-refractivity contribution in [2.24, 2.45) is 0 Å². The highest BCUT2D eigenvalue weighted by molar-refractivity contribution is 5.68.